The summed E-state index contributed by atoms with van der Waals surface area (Å²) in [6.07, 6.45) is 15.3. The van der Waals surface area contributed by atoms with Gasteiger partial charge in [-0.25, -0.2) is 0 Å². The highest BCUT2D eigenvalue weighted by Crippen LogP contribution is 2.63. The molecular formula is C21H34O. The maximum absolute atomic E-state index is 11.1. The Hall–Kier alpha value is -0.590. The Labute approximate surface area is 136 Å². The molecule has 3 aliphatic rings. The van der Waals surface area contributed by atoms with Crippen LogP contribution in [0.25, 0.3) is 0 Å². The highest BCUT2D eigenvalue weighted by Gasteiger charge is 2.54. The molecule has 0 bridgehead atoms. The summed E-state index contributed by atoms with van der Waals surface area (Å²) in [5.41, 5.74) is 2.25. The zero-order chi connectivity index (χ0) is 15.7. The van der Waals surface area contributed by atoms with Crippen molar-refractivity contribution in [3.63, 3.8) is 0 Å². The van der Waals surface area contributed by atoms with E-state index in [-0.39, 0.29) is 0 Å². The fourth-order valence-electron chi connectivity index (χ4n) is 6.76. The van der Waals surface area contributed by atoms with Gasteiger partial charge in [-0.05, 0) is 80.5 Å². The first-order valence-electron chi connectivity index (χ1n) is 9.75. The molecule has 0 radical (unpaired) electrons. The minimum absolute atomic E-state index is 0.504. The lowest BCUT2D eigenvalue weighted by atomic mass is 9.51. The minimum Gasteiger partial charge on any atom is -0.303 e. The Bertz CT molecular complexity index is 437. The Morgan fingerprint density at radius 3 is 2.68 bits per heavy atom. The van der Waals surface area contributed by atoms with Gasteiger partial charge in [0.05, 0.1) is 0 Å². The predicted molar refractivity (Wildman–Crippen MR) is 92.6 cm³/mol. The molecule has 3 aliphatic carbocycles. The van der Waals surface area contributed by atoms with E-state index in [0.717, 1.165) is 30.1 Å². The van der Waals surface area contributed by atoms with Gasteiger partial charge in [0.1, 0.15) is 6.29 Å². The first-order chi connectivity index (χ1) is 10.7. The second kappa shape index (κ2) is 6.49. The monoisotopic (exact) mass is 302 g/mol. The molecule has 0 aliphatic heterocycles. The fraction of sp³-hybridized carbons (Fsp3) is 0.857. The summed E-state index contributed by atoms with van der Waals surface area (Å²) in [6.45, 7) is 7.13. The van der Waals surface area contributed by atoms with Gasteiger partial charge in [-0.15, -0.1) is 0 Å². The molecule has 0 N–H and O–H groups in total. The van der Waals surface area contributed by atoms with E-state index in [4.69, 9.17) is 0 Å². The molecule has 3 rings (SSSR count). The van der Waals surface area contributed by atoms with Crippen LogP contribution < -0.4 is 0 Å². The second-order valence-corrected chi connectivity index (χ2v) is 8.44. The summed E-state index contributed by atoms with van der Waals surface area (Å²) < 4.78 is 0. The van der Waals surface area contributed by atoms with Crippen LogP contribution in [0.2, 0.25) is 0 Å². The molecule has 0 saturated heterocycles. The summed E-state index contributed by atoms with van der Waals surface area (Å²) in [7, 11) is 0. The number of hydrogen-bond donors (Lipinski definition) is 0. The molecule has 3 fully saturated rings. The molecule has 1 heteroatoms. The molecule has 6 atom stereocenters. The molecule has 0 aromatic rings. The lowest BCUT2D eigenvalue weighted by Gasteiger charge is -2.54. The van der Waals surface area contributed by atoms with E-state index in [2.05, 4.69) is 26.8 Å². The van der Waals surface area contributed by atoms with Crippen LogP contribution in [-0.4, -0.2) is 6.29 Å². The van der Waals surface area contributed by atoms with Crippen LogP contribution in [0.3, 0.4) is 0 Å². The van der Waals surface area contributed by atoms with Crippen molar-refractivity contribution in [3.8, 4) is 0 Å². The Kier molecular flexibility index (Phi) is 4.80. The number of aldehydes is 1. The van der Waals surface area contributed by atoms with Crippen molar-refractivity contribution in [2.45, 2.75) is 78.6 Å². The van der Waals surface area contributed by atoms with Crippen LogP contribution in [0.4, 0.5) is 0 Å². The van der Waals surface area contributed by atoms with Crippen LogP contribution in [-0.2, 0) is 4.79 Å². The average Bonchev–Trinajstić information content (AvgIpc) is 2.86. The molecule has 6 unspecified atom stereocenters. The minimum atomic E-state index is 0.504. The Balaban J connectivity index is 1.83. The van der Waals surface area contributed by atoms with Crippen LogP contribution in [0.15, 0.2) is 11.6 Å². The highest BCUT2D eigenvalue weighted by molar-refractivity contribution is 5.49. The van der Waals surface area contributed by atoms with Gasteiger partial charge in [0.2, 0.25) is 0 Å². The smallest absolute Gasteiger partial charge is 0.120 e. The second-order valence-electron chi connectivity index (χ2n) is 8.44. The third-order valence-corrected chi connectivity index (χ3v) is 7.74. The number of allylic oxidation sites excluding steroid dienone is 2. The molecule has 22 heavy (non-hydrogen) atoms. The van der Waals surface area contributed by atoms with Crippen molar-refractivity contribution in [1.29, 1.82) is 0 Å². The van der Waals surface area contributed by atoms with Crippen LogP contribution in [0.5, 0.6) is 0 Å². The van der Waals surface area contributed by atoms with Crippen molar-refractivity contribution in [2.75, 3.05) is 0 Å². The van der Waals surface area contributed by atoms with Crippen molar-refractivity contribution < 1.29 is 4.79 Å². The molecule has 0 spiro atoms. The molecule has 1 nitrogen and oxygen atoms in total. The lowest BCUT2D eigenvalue weighted by molar-refractivity contribution is -0.110. The van der Waals surface area contributed by atoms with Crippen molar-refractivity contribution in [1.82, 2.24) is 0 Å². The third kappa shape index (κ3) is 2.49. The molecule has 0 aromatic carbocycles. The summed E-state index contributed by atoms with van der Waals surface area (Å²) in [5, 5.41) is 0. The number of carbonyl (C=O) groups excluding carboxylic acids is 1. The molecule has 0 heterocycles. The average molecular weight is 303 g/mol. The summed E-state index contributed by atoms with van der Waals surface area (Å²) >= 11 is 0. The van der Waals surface area contributed by atoms with E-state index in [1.54, 1.807) is 5.57 Å². The topological polar surface area (TPSA) is 17.1 Å². The van der Waals surface area contributed by atoms with Crippen LogP contribution in [0.1, 0.15) is 78.6 Å². The predicted octanol–water partition coefficient (Wildman–Crippen LogP) is 5.79. The van der Waals surface area contributed by atoms with Gasteiger partial charge in [0, 0.05) is 6.42 Å². The summed E-state index contributed by atoms with van der Waals surface area (Å²) in [4.78, 5) is 11.1. The maximum atomic E-state index is 11.1. The maximum Gasteiger partial charge on any atom is 0.120 e. The molecule has 0 amide bonds. The van der Waals surface area contributed by atoms with E-state index in [0.29, 0.717) is 11.3 Å². The fourth-order valence-corrected chi connectivity index (χ4v) is 6.76. The van der Waals surface area contributed by atoms with E-state index in [1.807, 2.05) is 0 Å². The van der Waals surface area contributed by atoms with Gasteiger partial charge in [0.25, 0.3) is 0 Å². The summed E-state index contributed by atoms with van der Waals surface area (Å²) in [6, 6.07) is 0. The van der Waals surface area contributed by atoms with Crippen LogP contribution in [0, 0.1) is 35.0 Å². The normalized spacial score (nSPS) is 46.3. The van der Waals surface area contributed by atoms with Gasteiger partial charge in [-0.3, -0.25) is 0 Å². The first-order valence-corrected chi connectivity index (χ1v) is 9.75. The summed E-state index contributed by atoms with van der Waals surface area (Å²) in [5.74, 6) is 4.29. The van der Waals surface area contributed by atoms with Gasteiger partial charge in [0.15, 0.2) is 0 Å². The van der Waals surface area contributed by atoms with Gasteiger partial charge >= 0.3 is 0 Å². The first kappa shape index (κ1) is 16.3. The SMILES string of the molecule is C/C=C1\CCC2C3CCC(CC=O)C(CCC)C3CCC12C. The van der Waals surface area contributed by atoms with Gasteiger partial charge in [-0.2, -0.15) is 0 Å². The van der Waals surface area contributed by atoms with Crippen molar-refractivity contribution in [3.05, 3.63) is 11.6 Å². The molecule has 3 saturated carbocycles. The van der Waals surface area contributed by atoms with E-state index in [1.165, 1.54) is 57.7 Å². The number of hydrogen-bond acceptors (Lipinski definition) is 1. The Morgan fingerprint density at radius 2 is 2.00 bits per heavy atom. The van der Waals surface area contributed by atoms with Crippen molar-refractivity contribution in [2.24, 2.45) is 35.0 Å². The van der Waals surface area contributed by atoms with Crippen LogP contribution >= 0.6 is 0 Å². The zero-order valence-corrected chi connectivity index (χ0v) is 14.8. The number of fused-ring (bicyclic) bond motifs is 3. The number of carbonyl (C=O) groups is 1. The zero-order valence-electron chi connectivity index (χ0n) is 14.8. The molecule has 124 valence electrons. The van der Waals surface area contributed by atoms with Gasteiger partial charge in [-0.1, -0.05) is 38.3 Å². The quantitative estimate of drug-likeness (QED) is 0.474. The highest BCUT2D eigenvalue weighted by atomic mass is 16.1. The lowest BCUT2D eigenvalue weighted by Crippen LogP contribution is -2.46. The Morgan fingerprint density at radius 1 is 1.18 bits per heavy atom. The number of rotatable bonds is 4. The van der Waals surface area contributed by atoms with E-state index < -0.39 is 0 Å². The molecule has 0 aromatic heterocycles. The molecular weight excluding hydrogens is 268 g/mol. The largest absolute Gasteiger partial charge is 0.303 e. The van der Waals surface area contributed by atoms with E-state index >= 15 is 0 Å². The third-order valence-electron chi connectivity index (χ3n) is 7.74. The van der Waals surface area contributed by atoms with E-state index in [9.17, 15) is 4.79 Å². The van der Waals surface area contributed by atoms with Gasteiger partial charge < -0.3 is 4.79 Å². The van der Waals surface area contributed by atoms with Crippen molar-refractivity contribution >= 4 is 6.29 Å². The standard InChI is InChI=1S/C21H34O/c1-4-6-17-15(12-14-22)7-9-19-18(17)11-13-21(3)16(5-2)8-10-20(19)21/h5,14-15,17-20H,4,6-13H2,1-3H3/b16-5+.